The maximum absolute atomic E-state index is 12.1. The number of nitrogens with zero attached hydrogens (tertiary/aromatic N) is 2. The smallest absolute Gasteiger partial charge is 0.317 e. The van der Waals surface area contributed by atoms with E-state index in [9.17, 15) is 9.90 Å². The summed E-state index contributed by atoms with van der Waals surface area (Å²) in [7, 11) is 0. The highest BCUT2D eigenvalue weighted by Gasteiger charge is 2.22. The number of hydrogen-bond acceptors (Lipinski definition) is 3. The lowest BCUT2D eigenvalue weighted by Crippen LogP contribution is -2.47. The summed E-state index contributed by atoms with van der Waals surface area (Å²) in [5.41, 5.74) is -0.847. The van der Waals surface area contributed by atoms with Gasteiger partial charge in [-0.2, -0.15) is 0 Å². The van der Waals surface area contributed by atoms with Gasteiger partial charge in [-0.3, -0.25) is 0 Å². The van der Waals surface area contributed by atoms with E-state index in [0.29, 0.717) is 13.1 Å². The van der Waals surface area contributed by atoms with Crippen LogP contribution in [0.15, 0.2) is 0 Å². The summed E-state index contributed by atoms with van der Waals surface area (Å²) in [5, 5.41) is 12.8. The van der Waals surface area contributed by atoms with E-state index in [-0.39, 0.29) is 6.03 Å². The van der Waals surface area contributed by atoms with Crippen molar-refractivity contribution in [2.75, 3.05) is 39.3 Å². The van der Waals surface area contributed by atoms with Gasteiger partial charge in [-0.15, -0.1) is 0 Å². The van der Waals surface area contributed by atoms with E-state index in [1.807, 2.05) is 6.92 Å². The lowest BCUT2D eigenvalue weighted by molar-refractivity contribution is 0.0479. The number of rotatable bonds is 7. The van der Waals surface area contributed by atoms with Gasteiger partial charge in [0.25, 0.3) is 0 Å². The van der Waals surface area contributed by atoms with E-state index in [4.69, 9.17) is 0 Å². The second-order valence-corrected chi connectivity index (χ2v) is 6.72. The van der Waals surface area contributed by atoms with Crippen molar-refractivity contribution in [2.24, 2.45) is 5.92 Å². The van der Waals surface area contributed by atoms with Gasteiger partial charge in [-0.05, 0) is 65.6 Å². The molecule has 0 saturated carbocycles. The molecule has 0 unspecified atom stereocenters. The summed E-state index contributed by atoms with van der Waals surface area (Å²) in [5.74, 6) is 0.734. The fourth-order valence-electron chi connectivity index (χ4n) is 2.88. The number of likely N-dealkylation sites (tertiary alicyclic amines) is 1. The molecule has 2 amide bonds. The van der Waals surface area contributed by atoms with Crippen LogP contribution in [0.1, 0.15) is 47.0 Å². The van der Waals surface area contributed by atoms with E-state index >= 15 is 0 Å². The molecule has 0 spiro atoms. The Hall–Kier alpha value is -0.810. The van der Waals surface area contributed by atoms with Gasteiger partial charge in [-0.25, -0.2) is 4.79 Å². The monoisotopic (exact) mass is 299 g/mol. The average Bonchev–Trinajstić information content (AvgIpc) is 2.44. The summed E-state index contributed by atoms with van der Waals surface area (Å²) < 4.78 is 0. The van der Waals surface area contributed by atoms with E-state index in [0.717, 1.165) is 25.4 Å². The molecule has 124 valence electrons. The molecule has 2 N–H and O–H groups in total. The van der Waals surface area contributed by atoms with Gasteiger partial charge in [0, 0.05) is 13.1 Å². The molecule has 1 fully saturated rings. The molecule has 1 saturated heterocycles. The Balaban J connectivity index is 2.23. The van der Waals surface area contributed by atoms with Crippen LogP contribution in [0, 0.1) is 5.92 Å². The lowest BCUT2D eigenvalue weighted by Gasteiger charge is -2.31. The highest BCUT2D eigenvalue weighted by atomic mass is 16.3. The first-order chi connectivity index (χ1) is 9.85. The van der Waals surface area contributed by atoms with Crippen LogP contribution in [0.3, 0.4) is 0 Å². The molecule has 0 aromatic carbocycles. The van der Waals surface area contributed by atoms with Crippen LogP contribution in [-0.4, -0.2) is 65.8 Å². The predicted molar refractivity (Wildman–Crippen MR) is 86.4 cm³/mol. The molecule has 1 aliphatic heterocycles. The molecule has 5 heteroatoms. The van der Waals surface area contributed by atoms with Crippen molar-refractivity contribution in [1.82, 2.24) is 15.1 Å². The molecule has 5 nitrogen and oxygen atoms in total. The summed E-state index contributed by atoms with van der Waals surface area (Å²) in [6.45, 7) is 12.8. The van der Waals surface area contributed by atoms with Crippen LogP contribution in [0.25, 0.3) is 0 Å². The maximum atomic E-state index is 12.1. The number of amides is 2. The minimum atomic E-state index is -0.847. The standard InChI is InChI=1S/C16H33N3O2/c1-5-18-11-8-14(9-12-18)7-10-17-15(20)19(6-2)13-16(3,4)21/h14,21H,5-13H2,1-4H3,(H,17,20). The van der Waals surface area contributed by atoms with Gasteiger partial charge >= 0.3 is 6.03 Å². The molecule has 0 aromatic rings. The van der Waals surface area contributed by atoms with Crippen LogP contribution in [0.2, 0.25) is 0 Å². The average molecular weight is 299 g/mol. The number of aliphatic hydroxyl groups is 1. The van der Waals surface area contributed by atoms with E-state index < -0.39 is 5.60 Å². The normalized spacial score (nSPS) is 17.8. The fourth-order valence-corrected chi connectivity index (χ4v) is 2.88. The van der Waals surface area contributed by atoms with Crippen molar-refractivity contribution in [3.8, 4) is 0 Å². The number of urea groups is 1. The third-order valence-corrected chi connectivity index (χ3v) is 4.23. The zero-order chi connectivity index (χ0) is 15.9. The highest BCUT2D eigenvalue weighted by Crippen LogP contribution is 2.19. The maximum Gasteiger partial charge on any atom is 0.317 e. The van der Waals surface area contributed by atoms with Gasteiger partial charge in [-0.1, -0.05) is 6.92 Å². The zero-order valence-corrected chi connectivity index (χ0v) is 14.2. The summed E-state index contributed by atoms with van der Waals surface area (Å²) in [6.07, 6.45) is 3.54. The number of carbonyl (C=O) groups excluding carboxylic acids is 1. The Morgan fingerprint density at radius 3 is 2.43 bits per heavy atom. The van der Waals surface area contributed by atoms with Gasteiger partial charge in [0.2, 0.25) is 0 Å². The van der Waals surface area contributed by atoms with Crippen LogP contribution in [-0.2, 0) is 0 Å². The minimum absolute atomic E-state index is 0.0642. The van der Waals surface area contributed by atoms with Crippen molar-refractivity contribution in [1.29, 1.82) is 0 Å². The first-order valence-electron chi connectivity index (χ1n) is 8.33. The Morgan fingerprint density at radius 2 is 1.95 bits per heavy atom. The van der Waals surface area contributed by atoms with Crippen molar-refractivity contribution >= 4 is 6.03 Å². The molecule has 0 aliphatic carbocycles. The summed E-state index contributed by atoms with van der Waals surface area (Å²) in [6, 6.07) is -0.0642. The number of hydrogen-bond donors (Lipinski definition) is 2. The fraction of sp³-hybridized carbons (Fsp3) is 0.938. The molecule has 0 bridgehead atoms. The van der Waals surface area contributed by atoms with Crippen LogP contribution in [0.5, 0.6) is 0 Å². The molecule has 0 radical (unpaired) electrons. The molecule has 0 atom stereocenters. The summed E-state index contributed by atoms with van der Waals surface area (Å²) >= 11 is 0. The van der Waals surface area contributed by atoms with Crippen LogP contribution >= 0.6 is 0 Å². The number of likely N-dealkylation sites (N-methyl/N-ethyl adjacent to an activating group) is 1. The molecule has 21 heavy (non-hydrogen) atoms. The molecule has 1 heterocycles. The molecule has 0 aromatic heterocycles. The van der Waals surface area contributed by atoms with Gasteiger partial charge in [0.05, 0.1) is 12.1 Å². The quantitative estimate of drug-likeness (QED) is 0.755. The number of carbonyl (C=O) groups is 1. The second-order valence-electron chi connectivity index (χ2n) is 6.72. The number of piperidine rings is 1. The third kappa shape index (κ3) is 7.14. The first kappa shape index (κ1) is 18.2. The van der Waals surface area contributed by atoms with Gasteiger partial charge in [0.1, 0.15) is 0 Å². The Morgan fingerprint density at radius 1 is 1.33 bits per heavy atom. The largest absolute Gasteiger partial charge is 0.389 e. The van der Waals surface area contributed by atoms with Crippen LogP contribution < -0.4 is 5.32 Å². The van der Waals surface area contributed by atoms with Crippen molar-refractivity contribution in [3.63, 3.8) is 0 Å². The van der Waals surface area contributed by atoms with E-state index in [1.54, 1.807) is 18.7 Å². The van der Waals surface area contributed by atoms with Gasteiger partial charge < -0.3 is 20.2 Å². The zero-order valence-electron chi connectivity index (χ0n) is 14.2. The van der Waals surface area contributed by atoms with E-state index in [2.05, 4.69) is 17.1 Å². The first-order valence-corrected chi connectivity index (χ1v) is 8.33. The Labute approximate surface area is 129 Å². The Kier molecular flexibility index (Phi) is 7.46. The topological polar surface area (TPSA) is 55.8 Å². The predicted octanol–water partition coefficient (Wildman–Crippen LogP) is 1.91. The minimum Gasteiger partial charge on any atom is -0.389 e. The van der Waals surface area contributed by atoms with Crippen molar-refractivity contribution in [2.45, 2.75) is 52.6 Å². The Bertz CT molecular complexity index is 307. The van der Waals surface area contributed by atoms with Crippen molar-refractivity contribution in [3.05, 3.63) is 0 Å². The van der Waals surface area contributed by atoms with Crippen LogP contribution in [0.4, 0.5) is 4.79 Å². The third-order valence-electron chi connectivity index (χ3n) is 4.23. The highest BCUT2D eigenvalue weighted by molar-refractivity contribution is 5.74. The van der Waals surface area contributed by atoms with Gasteiger partial charge in [0.15, 0.2) is 0 Å². The second kappa shape index (κ2) is 8.59. The SMILES string of the molecule is CCN1CCC(CCNC(=O)N(CC)CC(C)(C)O)CC1. The molecular formula is C16H33N3O2. The molecule has 1 rings (SSSR count). The van der Waals surface area contributed by atoms with Crippen molar-refractivity contribution < 1.29 is 9.90 Å². The molecule has 1 aliphatic rings. The molecular weight excluding hydrogens is 266 g/mol. The number of nitrogens with one attached hydrogen (secondary N) is 1. The summed E-state index contributed by atoms with van der Waals surface area (Å²) in [4.78, 5) is 16.2. The lowest BCUT2D eigenvalue weighted by atomic mass is 9.93. The van der Waals surface area contributed by atoms with E-state index in [1.165, 1.54) is 25.9 Å².